The second-order valence-electron chi connectivity index (χ2n) is 4.55. The summed E-state index contributed by atoms with van der Waals surface area (Å²) >= 11 is 0. The fourth-order valence-electron chi connectivity index (χ4n) is 2.08. The Morgan fingerprint density at radius 2 is 1.84 bits per heavy atom. The minimum atomic E-state index is -0.941. The van der Waals surface area contributed by atoms with Crippen molar-refractivity contribution in [1.82, 2.24) is 0 Å². The van der Waals surface area contributed by atoms with E-state index >= 15 is 0 Å². The smallest absolute Gasteiger partial charge is 0.303 e. The number of ketones is 1. The molecule has 0 heterocycles. The van der Waals surface area contributed by atoms with Gasteiger partial charge in [0.25, 0.3) is 0 Å². The maximum atomic E-state index is 11.7. The number of hydrogen-bond acceptors (Lipinski definition) is 2. The lowest BCUT2D eigenvalue weighted by atomic mass is 9.95. The van der Waals surface area contributed by atoms with Crippen molar-refractivity contribution >= 4 is 17.3 Å². The second kappa shape index (κ2) is 6.14. The molecule has 3 heteroatoms. The molecule has 0 atom stereocenters. The Morgan fingerprint density at radius 1 is 1.11 bits per heavy atom. The summed E-state index contributed by atoms with van der Waals surface area (Å²) in [5.74, 6) is -1.06. The lowest BCUT2D eigenvalue weighted by Gasteiger charge is -2.09. The van der Waals surface area contributed by atoms with Crippen LogP contribution in [0.2, 0.25) is 0 Å². The molecular weight excluding hydrogens is 240 g/mol. The first-order valence-electron chi connectivity index (χ1n) is 6.38. The molecule has 1 aliphatic rings. The lowest BCUT2D eigenvalue weighted by molar-refractivity contribution is -0.136. The Bertz CT molecular complexity index is 536. The van der Waals surface area contributed by atoms with Gasteiger partial charge in [0.05, 0.1) is 6.42 Å². The Balaban J connectivity index is 2.05. The summed E-state index contributed by atoms with van der Waals surface area (Å²) in [5, 5.41) is 8.56. The predicted molar refractivity (Wildman–Crippen MR) is 74.0 cm³/mol. The lowest BCUT2D eigenvalue weighted by Crippen LogP contribution is -2.03. The normalized spacial score (nSPS) is 14.0. The number of hydrogen-bond donors (Lipinski definition) is 1. The summed E-state index contributed by atoms with van der Waals surface area (Å²) in [7, 11) is 0. The first-order valence-corrected chi connectivity index (χ1v) is 6.38. The molecule has 0 aliphatic heterocycles. The van der Waals surface area contributed by atoms with Crippen molar-refractivity contribution in [3.05, 3.63) is 53.6 Å². The molecule has 0 saturated heterocycles. The van der Waals surface area contributed by atoms with Crippen molar-refractivity contribution in [2.24, 2.45) is 0 Å². The molecule has 1 N–H and O–H groups in total. The molecule has 0 spiro atoms. The molecule has 1 aromatic carbocycles. The Kier molecular flexibility index (Phi) is 4.29. The van der Waals surface area contributed by atoms with Crippen LogP contribution in [0.1, 0.15) is 41.6 Å². The summed E-state index contributed by atoms with van der Waals surface area (Å²) in [6.45, 7) is 0. The number of carboxylic acid groups (broad SMARTS) is 1. The molecule has 0 radical (unpaired) electrons. The van der Waals surface area contributed by atoms with Crippen LogP contribution in [-0.4, -0.2) is 16.9 Å². The topological polar surface area (TPSA) is 54.4 Å². The number of carbonyl (C=O) groups is 2. The van der Waals surface area contributed by atoms with Gasteiger partial charge in [-0.1, -0.05) is 42.5 Å². The summed E-state index contributed by atoms with van der Waals surface area (Å²) in [6, 6.07) is 7.41. The quantitative estimate of drug-likeness (QED) is 0.821. The molecule has 0 unspecified atom stereocenters. The van der Waals surface area contributed by atoms with Crippen molar-refractivity contribution in [3.63, 3.8) is 0 Å². The molecule has 0 aromatic heterocycles. The molecule has 0 amide bonds. The Labute approximate surface area is 112 Å². The minimum absolute atomic E-state index is 0.0557. The van der Waals surface area contributed by atoms with Crippen LogP contribution in [0.5, 0.6) is 0 Å². The molecule has 3 nitrogen and oxygen atoms in total. The van der Waals surface area contributed by atoms with Crippen LogP contribution in [0.15, 0.2) is 42.5 Å². The maximum Gasteiger partial charge on any atom is 0.303 e. The molecular formula is C16H16O3. The van der Waals surface area contributed by atoms with Crippen molar-refractivity contribution in [2.75, 3.05) is 0 Å². The van der Waals surface area contributed by atoms with Crippen LogP contribution in [0.3, 0.4) is 0 Å². The van der Waals surface area contributed by atoms with Crippen LogP contribution in [0.25, 0.3) is 5.57 Å². The van der Waals surface area contributed by atoms with E-state index in [0.29, 0.717) is 5.56 Å². The number of aliphatic carboxylic acids is 1. The van der Waals surface area contributed by atoms with E-state index in [1.165, 1.54) is 5.57 Å². The largest absolute Gasteiger partial charge is 0.481 e. The molecule has 0 bridgehead atoms. The highest BCUT2D eigenvalue weighted by molar-refractivity contribution is 5.97. The number of Topliss-reactive ketones (excluding diaryl/α,β-unsaturated/α-hetero) is 1. The van der Waals surface area contributed by atoms with Gasteiger partial charge in [-0.3, -0.25) is 9.59 Å². The number of carbonyl (C=O) groups excluding carboxylic acids is 1. The van der Waals surface area contributed by atoms with E-state index in [4.69, 9.17) is 5.11 Å². The second-order valence-corrected chi connectivity index (χ2v) is 4.55. The highest BCUT2D eigenvalue weighted by Crippen LogP contribution is 2.23. The van der Waals surface area contributed by atoms with E-state index in [1.54, 1.807) is 12.1 Å². The fourth-order valence-corrected chi connectivity index (χ4v) is 2.08. The van der Waals surface area contributed by atoms with Crippen molar-refractivity contribution in [2.45, 2.75) is 25.7 Å². The summed E-state index contributed by atoms with van der Waals surface area (Å²) < 4.78 is 0. The van der Waals surface area contributed by atoms with Gasteiger partial charge in [-0.2, -0.15) is 0 Å². The third-order valence-corrected chi connectivity index (χ3v) is 3.16. The highest BCUT2D eigenvalue weighted by atomic mass is 16.4. The molecule has 0 fully saturated rings. The maximum absolute atomic E-state index is 11.7. The first-order chi connectivity index (χ1) is 9.16. The van der Waals surface area contributed by atoms with E-state index < -0.39 is 5.97 Å². The molecule has 1 aliphatic carbocycles. The summed E-state index contributed by atoms with van der Waals surface area (Å²) in [5.41, 5.74) is 2.98. The summed E-state index contributed by atoms with van der Waals surface area (Å²) in [4.78, 5) is 22.2. The fraction of sp³-hybridized carbons (Fsp3) is 0.250. The van der Waals surface area contributed by atoms with Gasteiger partial charge in [-0.05, 0) is 24.0 Å². The van der Waals surface area contributed by atoms with Crippen LogP contribution in [0, 0.1) is 0 Å². The summed E-state index contributed by atoms with van der Waals surface area (Å²) in [6.07, 6.45) is 8.27. The predicted octanol–water partition coefficient (Wildman–Crippen LogP) is 3.47. The minimum Gasteiger partial charge on any atom is -0.481 e. The van der Waals surface area contributed by atoms with Gasteiger partial charge in [0.15, 0.2) is 5.78 Å². The van der Waals surface area contributed by atoms with Crippen LogP contribution in [0.4, 0.5) is 0 Å². The first kappa shape index (κ1) is 13.3. The average molecular weight is 256 g/mol. The molecule has 1 aromatic rings. The van der Waals surface area contributed by atoms with Crippen molar-refractivity contribution in [3.8, 4) is 0 Å². The Hall–Kier alpha value is -2.16. The standard InChI is InChI=1S/C16H16O3/c17-15(10-11-16(18)19)14-8-6-13(7-9-14)12-4-2-1-3-5-12/h1-2,4,6-9H,3,5,10-11H2,(H,18,19). The molecule has 2 rings (SSSR count). The number of rotatable bonds is 5. The van der Waals surface area contributed by atoms with Crippen molar-refractivity contribution < 1.29 is 14.7 Å². The SMILES string of the molecule is O=C(O)CCC(=O)c1ccc(C2=CC=CCC2)cc1. The van der Waals surface area contributed by atoms with Gasteiger partial charge in [0, 0.05) is 12.0 Å². The zero-order chi connectivity index (χ0) is 13.7. The highest BCUT2D eigenvalue weighted by Gasteiger charge is 2.09. The molecule has 98 valence electrons. The van der Waals surface area contributed by atoms with Crippen LogP contribution in [-0.2, 0) is 4.79 Å². The number of allylic oxidation sites excluding steroid dienone is 4. The van der Waals surface area contributed by atoms with E-state index in [-0.39, 0.29) is 18.6 Å². The van der Waals surface area contributed by atoms with Crippen LogP contribution >= 0.6 is 0 Å². The number of benzene rings is 1. The van der Waals surface area contributed by atoms with Gasteiger partial charge in [0.1, 0.15) is 0 Å². The van der Waals surface area contributed by atoms with E-state index in [2.05, 4.69) is 12.2 Å². The third kappa shape index (κ3) is 3.65. The van der Waals surface area contributed by atoms with Crippen LogP contribution < -0.4 is 0 Å². The van der Waals surface area contributed by atoms with Gasteiger partial charge >= 0.3 is 5.97 Å². The van der Waals surface area contributed by atoms with E-state index in [9.17, 15) is 9.59 Å². The molecule has 0 saturated carbocycles. The van der Waals surface area contributed by atoms with Gasteiger partial charge < -0.3 is 5.11 Å². The number of carboxylic acids is 1. The monoisotopic (exact) mass is 256 g/mol. The Morgan fingerprint density at radius 3 is 2.42 bits per heavy atom. The van der Waals surface area contributed by atoms with Gasteiger partial charge in [0.2, 0.25) is 0 Å². The zero-order valence-electron chi connectivity index (χ0n) is 10.6. The zero-order valence-corrected chi connectivity index (χ0v) is 10.6. The van der Waals surface area contributed by atoms with E-state index in [0.717, 1.165) is 18.4 Å². The van der Waals surface area contributed by atoms with Gasteiger partial charge in [-0.15, -0.1) is 0 Å². The molecule has 19 heavy (non-hydrogen) atoms. The third-order valence-electron chi connectivity index (χ3n) is 3.16. The van der Waals surface area contributed by atoms with Crippen molar-refractivity contribution in [1.29, 1.82) is 0 Å². The average Bonchev–Trinajstić information content (AvgIpc) is 2.46. The van der Waals surface area contributed by atoms with Gasteiger partial charge in [-0.25, -0.2) is 0 Å². The van der Waals surface area contributed by atoms with E-state index in [1.807, 2.05) is 18.2 Å².